The maximum Gasteiger partial charge on any atom is 0.250 e. The molecule has 1 aromatic carbocycles. The van der Waals surface area contributed by atoms with Gasteiger partial charge in [-0.25, -0.2) is 13.2 Å². The van der Waals surface area contributed by atoms with Crippen LogP contribution in [0, 0.1) is 5.82 Å². The summed E-state index contributed by atoms with van der Waals surface area (Å²) in [5, 5.41) is 2.75. The summed E-state index contributed by atoms with van der Waals surface area (Å²) in [6.45, 7) is -0.183. The van der Waals surface area contributed by atoms with Crippen molar-refractivity contribution in [3.63, 3.8) is 0 Å². The Hall–Kier alpha value is -0.740. The zero-order chi connectivity index (χ0) is 10.6. The first-order chi connectivity index (χ1) is 6.59. The number of rotatable bonds is 4. The number of benzene rings is 1. The highest BCUT2D eigenvalue weighted by Gasteiger charge is 2.04. The van der Waals surface area contributed by atoms with Crippen LogP contribution in [0.5, 0.6) is 0 Å². The molecule has 0 saturated heterocycles. The molecule has 0 radical (unpaired) electrons. The minimum Gasteiger partial charge on any atom is -0.307 e. The Morgan fingerprint density at radius 1 is 1.36 bits per heavy atom. The molecule has 0 saturated carbocycles. The van der Waals surface area contributed by atoms with Crippen LogP contribution in [0.2, 0.25) is 5.02 Å². The first-order valence-corrected chi connectivity index (χ1v) is 4.40. The molecule has 0 aliphatic heterocycles. The van der Waals surface area contributed by atoms with E-state index in [9.17, 15) is 13.2 Å². The molecule has 1 aromatic rings. The van der Waals surface area contributed by atoms with Gasteiger partial charge in [-0.15, -0.1) is 0 Å². The van der Waals surface area contributed by atoms with E-state index >= 15 is 0 Å². The predicted molar refractivity (Wildman–Crippen MR) is 49.1 cm³/mol. The van der Waals surface area contributed by atoms with Crippen LogP contribution in [0.15, 0.2) is 18.2 Å². The molecule has 0 aromatic heterocycles. The van der Waals surface area contributed by atoms with Gasteiger partial charge < -0.3 is 5.32 Å². The van der Waals surface area contributed by atoms with Crippen molar-refractivity contribution in [2.75, 3.05) is 6.54 Å². The smallest absolute Gasteiger partial charge is 0.250 e. The Labute approximate surface area is 84.9 Å². The van der Waals surface area contributed by atoms with E-state index in [1.807, 2.05) is 0 Å². The monoisotopic (exact) mass is 223 g/mol. The summed E-state index contributed by atoms with van der Waals surface area (Å²) in [5.74, 6) is -0.437. The molecule has 5 heteroatoms. The quantitative estimate of drug-likeness (QED) is 0.828. The average molecular weight is 224 g/mol. The van der Waals surface area contributed by atoms with Gasteiger partial charge in [0, 0.05) is 11.6 Å². The van der Waals surface area contributed by atoms with E-state index in [0.717, 1.165) is 6.07 Å². The SMILES string of the molecule is Fc1ccc(CNCC(F)F)c(Cl)c1. The van der Waals surface area contributed by atoms with E-state index in [4.69, 9.17) is 11.6 Å². The normalized spacial score (nSPS) is 10.9. The van der Waals surface area contributed by atoms with Crippen LogP contribution in [0.3, 0.4) is 0 Å². The summed E-state index contributed by atoms with van der Waals surface area (Å²) in [6, 6.07) is 3.86. The van der Waals surface area contributed by atoms with Gasteiger partial charge in [0.15, 0.2) is 0 Å². The van der Waals surface area contributed by atoms with Gasteiger partial charge in [0.2, 0.25) is 0 Å². The van der Waals surface area contributed by atoms with Gasteiger partial charge in [0.25, 0.3) is 6.43 Å². The van der Waals surface area contributed by atoms with Crippen LogP contribution in [0.25, 0.3) is 0 Å². The Balaban J connectivity index is 2.51. The Kier molecular flexibility index (Phi) is 4.22. The van der Waals surface area contributed by atoms with Gasteiger partial charge in [-0.05, 0) is 17.7 Å². The zero-order valence-electron chi connectivity index (χ0n) is 7.24. The molecule has 14 heavy (non-hydrogen) atoms. The molecular formula is C9H9ClF3N. The van der Waals surface area contributed by atoms with Crippen molar-refractivity contribution in [1.29, 1.82) is 0 Å². The van der Waals surface area contributed by atoms with Crippen molar-refractivity contribution in [3.8, 4) is 0 Å². The van der Waals surface area contributed by atoms with Gasteiger partial charge in [-0.1, -0.05) is 17.7 Å². The lowest BCUT2D eigenvalue weighted by atomic mass is 10.2. The fourth-order valence-electron chi connectivity index (χ4n) is 0.981. The summed E-state index contributed by atoms with van der Waals surface area (Å²) in [5.41, 5.74) is 0.605. The van der Waals surface area contributed by atoms with Crippen molar-refractivity contribution >= 4 is 11.6 Å². The highest BCUT2D eigenvalue weighted by molar-refractivity contribution is 6.31. The number of hydrogen-bond acceptors (Lipinski definition) is 1. The van der Waals surface area contributed by atoms with Crippen molar-refractivity contribution < 1.29 is 13.2 Å². The number of halogens is 4. The highest BCUT2D eigenvalue weighted by atomic mass is 35.5. The lowest BCUT2D eigenvalue weighted by Gasteiger charge is -2.05. The standard InChI is InChI=1S/C9H9ClF3N/c10-8-3-7(11)2-1-6(8)4-14-5-9(12)13/h1-3,9,14H,4-5H2. The van der Waals surface area contributed by atoms with E-state index in [1.54, 1.807) is 0 Å². The van der Waals surface area contributed by atoms with Crippen molar-refractivity contribution in [2.24, 2.45) is 0 Å². The number of alkyl halides is 2. The van der Waals surface area contributed by atoms with Gasteiger partial charge in [0.05, 0.1) is 6.54 Å². The van der Waals surface area contributed by atoms with Gasteiger partial charge in [-0.2, -0.15) is 0 Å². The Morgan fingerprint density at radius 2 is 2.07 bits per heavy atom. The maximum absolute atomic E-state index is 12.6. The van der Waals surface area contributed by atoms with Gasteiger partial charge >= 0.3 is 0 Å². The highest BCUT2D eigenvalue weighted by Crippen LogP contribution is 2.16. The van der Waals surface area contributed by atoms with Crippen LogP contribution < -0.4 is 5.32 Å². The van der Waals surface area contributed by atoms with E-state index < -0.39 is 18.8 Å². The molecule has 0 atom stereocenters. The maximum atomic E-state index is 12.6. The van der Waals surface area contributed by atoms with Crippen LogP contribution in [-0.2, 0) is 6.54 Å². The largest absolute Gasteiger partial charge is 0.307 e. The summed E-state index contributed by atoms with van der Waals surface area (Å²) in [6.07, 6.45) is -2.39. The fraction of sp³-hybridized carbons (Fsp3) is 0.333. The summed E-state index contributed by atoms with van der Waals surface area (Å²) >= 11 is 5.68. The van der Waals surface area contributed by atoms with Gasteiger partial charge in [-0.3, -0.25) is 0 Å². The Morgan fingerprint density at radius 3 is 2.64 bits per heavy atom. The summed E-state index contributed by atoms with van der Waals surface area (Å²) < 4.78 is 36.1. The lowest BCUT2D eigenvalue weighted by molar-refractivity contribution is 0.145. The molecule has 0 aliphatic carbocycles. The summed E-state index contributed by atoms with van der Waals surface area (Å²) in [4.78, 5) is 0. The van der Waals surface area contributed by atoms with E-state index in [0.29, 0.717) is 5.56 Å². The first-order valence-electron chi connectivity index (χ1n) is 4.02. The van der Waals surface area contributed by atoms with Crippen molar-refractivity contribution in [2.45, 2.75) is 13.0 Å². The second kappa shape index (κ2) is 5.22. The molecule has 0 unspecified atom stereocenters. The van der Waals surface area contributed by atoms with E-state index in [2.05, 4.69) is 5.32 Å². The third kappa shape index (κ3) is 3.55. The fourth-order valence-corrected chi connectivity index (χ4v) is 1.22. The second-order valence-electron chi connectivity index (χ2n) is 2.76. The van der Waals surface area contributed by atoms with Gasteiger partial charge in [0.1, 0.15) is 5.82 Å². The molecule has 0 heterocycles. The predicted octanol–water partition coefficient (Wildman–Crippen LogP) is 2.83. The minimum atomic E-state index is -2.39. The van der Waals surface area contributed by atoms with Crippen LogP contribution in [-0.4, -0.2) is 13.0 Å². The molecule has 0 spiro atoms. The lowest BCUT2D eigenvalue weighted by Crippen LogP contribution is -2.20. The molecule has 1 nitrogen and oxygen atoms in total. The number of hydrogen-bond donors (Lipinski definition) is 1. The molecule has 0 fully saturated rings. The van der Waals surface area contributed by atoms with E-state index in [1.165, 1.54) is 12.1 Å². The van der Waals surface area contributed by atoms with Crippen LogP contribution in [0.4, 0.5) is 13.2 Å². The second-order valence-corrected chi connectivity index (χ2v) is 3.16. The topological polar surface area (TPSA) is 12.0 Å². The van der Waals surface area contributed by atoms with Crippen molar-refractivity contribution in [3.05, 3.63) is 34.6 Å². The zero-order valence-corrected chi connectivity index (χ0v) is 7.99. The minimum absolute atomic E-state index is 0.212. The molecule has 1 rings (SSSR count). The molecule has 0 aliphatic rings. The van der Waals surface area contributed by atoms with E-state index in [-0.39, 0.29) is 11.6 Å². The molecular weight excluding hydrogens is 215 g/mol. The molecule has 1 N–H and O–H groups in total. The third-order valence-corrected chi connectivity index (χ3v) is 1.98. The first kappa shape index (κ1) is 11.3. The Bertz CT molecular complexity index is 304. The summed E-state index contributed by atoms with van der Waals surface area (Å²) in [7, 11) is 0. The van der Waals surface area contributed by atoms with Crippen molar-refractivity contribution in [1.82, 2.24) is 5.32 Å². The average Bonchev–Trinajstić information content (AvgIpc) is 2.08. The molecule has 78 valence electrons. The third-order valence-electron chi connectivity index (χ3n) is 1.63. The number of nitrogens with one attached hydrogen (secondary N) is 1. The molecule has 0 bridgehead atoms. The van der Waals surface area contributed by atoms with Crippen LogP contribution >= 0.6 is 11.6 Å². The molecule has 0 amide bonds. The van der Waals surface area contributed by atoms with Crippen LogP contribution in [0.1, 0.15) is 5.56 Å².